The van der Waals surface area contributed by atoms with E-state index in [0.717, 1.165) is 6.42 Å². The molecule has 0 radical (unpaired) electrons. The highest BCUT2D eigenvalue weighted by Crippen LogP contribution is 2.17. The fourth-order valence-electron chi connectivity index (χ4n) is 1.83. The molecular weight excluding hydrogens is 278 g/mol. The average molecular weight is 295 g/mol. The number of carboxylic acids is 1. The van der Waals surface area contributed by atoms with Gasteiger partial charge in [0.05, 0.1) is 11.3 Å². The Kier molecular flexibility index (Phi) is 6.12. The molecule has 0 saturated heterocycles. The normalized spacial score (nSPS) is 11.5. The minimum Gasteiger partial charge on any atom is -0.481 e. The summed E-state index contributed by atoms with van der Waals surface area (Å²) in [5.41, 5.74) is 0.135. The molecule has 3 N–H and O–H groups in total. The molecule has 1 aromatic carbocycles. The van der Waals surface area contributed by atoms with Gasteiger partial charge in [-0.1, -0.05) is 19.4 Å². The predicted octanol–water partition coefficient (Wildman–Crippen LogP) is 2.36. The lowest BCUT2D eigenvalue weighted by Gasteiger charge is -2.16. The van der Waals surface area contributed by atoms with E-state index >= 15 is 0 Å². The number of carbonyl (C=O) groups is 2. The second kappa shape index (κ2) is 7.83. The SMILES string of the molecule is CCCC(CC(=O)O)NC(=O)Nc1cccc([N+](=O)[O-])c1. The molecule has 0 spiro atoms. The third-order valence-corrected chi connectivity index (χ3v) is 2.71. The van der Waals surface area contributed by atoms with Crippen molar-refractivity contribution < 1.29 is 19.6 Å². The molecule has 1 atom stereocenters. The van der Waals surface area contributed by atoms with Crippen LogP contribution in [0, 0.1) is 10.1 Å². The van der Waals surface area contributed by atoms with E-state index < -0.39 is 23.0 Å². The van der Waals surface area contributed by atoms with E-state index in [1.54, 1.807) is 0 Å². The molecule has 0 saturated carbocycles. The van der Waals surface area contributed by atoms with Crippen molar-refractivity contribution in [3.8, 4) is 0 Å². The number of non-ortho nitro benzene ring substituents is 1. The van der Waals surface area contributed by atoms with Crippen molar-refractivity contribution in [2.45, 2.75) is 32.2 Å². The number of anilines is 1. The van der Waals surface area contributed by atoms with Gasteiger partial charge in [0.15, 0.2) is 0 Å². The molecular formula is C13H17N3O5. The van der Waals surface area contributed by atoms with Crippen molar-refractivity contribution in [3.63, 3.8) is 0 Å². The zero-order chi connectivity index (χ0) is 15.8. The van der Waals surface area contributed by atoms with Gasteiger partial charge in [0.2, 0.25) is 0 Å². The van der Waals surface area contributed by atoms with Gasteiger partial charge in [0.25, 0.3) is 5.69 Å². The van der Waals surface area contributed by atoms with Crippen LogP contribution < -0.4 is 10.6 Å². The monoisotopic (exact) mass is 295 g/mol. The average Bonchev–Trinajstić information content (AvgIpc) is 2.38. The Bertz CT molecular complexity index is 532. The number of hydrogen-bond donors (Lipinski definition) is 3. The van der Waals surface area contributed by atoms with E-state index in [9.17, 15) is 19.7 Å². The van der Waals surface area contributed by atoms with Gasteiger partial charge >= 0.3 is 12.0 Å². The lowest BCUT2D eigenvalue weighted by molar-refractivity contribution is -0.384. The number of hydrogen-bond acceptors (Lipinski definition) is 4. The van der Waals surface area contributed by atoms with E-state index in [2.05, 4.69) is 10.6 Å². The van der Waals surface area contributed by atoms with Crippen molar-refractivity contribution in [2.24, 2.45) is 0 Å². The van der Waals surface area contributed by atoms with Crippen LogP contribution in [0.3, 0.4) is 0 Å². The molecule has 2 amide bonds. The van der Waals surface area contributed by atoms with E-state index in [-0.39, 0.29) is 17.8 Å². The lowest BCUT2D eigenvalue weighted by atomic mass is 10.1. The quantitative estimate of drug-likeness (QED) is 0.526. The molecule has 0 fully saturated rings. The fraction of sp³-hybridized carbons (Fsp3) is 0.385. The summed E-state index contributed by atoms with van der Waals surface area (Å²) in [6, 6.07) is 4.44. The van der Waals surface area contributed by atoms with Crippen LogP contribution in [-0.4, -0.2) is 28.1 Å². The summed E-state index contributed by atoms with van der Waals surface area (Å²) in [5.74, 6) is -0.996. The third-order valence-electron chi connectivity index (χ3n) is 2.71. The number of nitro benzene ring substituents is 1. The number of nitrogens with one attached hydrogen (secondary N) is 2. The van der Waals surface area contributed by atoms with E-state index in [4.69, 9.17) is 5.11 Å². The standard InChI is InChI=1S/C13H17N3O5/c1-2-4-9(8-12(17)18)14-13(19)15-10-5-3-6-11(7-10)16(20)21/h3,5-7,9H,2,4,8H2,1H3,(H,17,18)(H2,14,15,19). The number of nitro groups is 1. The van der Waals surface area contributed by atoms with Crippen molar-refractivity contribution in [3.05, 3.63) is 34.4 Å². The molecule has 21 heavy (non-hydrogen) atoms. The predicted molar refractivity (Wildman–Crippen MR) is 76.2 cm³/mol. The Morgan fingerprint density at radius 2 is 2.14 bits per heavy atom. The highest BCUT2D eigenvalue weighted by Gasteiger charge is 2.15. The second-order valence-corrected chi connectivity index (χ2v) is 4.49. The Morgan fingerprint density at radius 3 is 2.71 bits per heavy atom. The Hall–Kier alpha value is -2.64. The Balaban J connectivity index is 2.65. The molecule has 1 rings (SSSR count). The van der Waals surface area contributed by atoms with Crippen LogP contribution in [0.25, 0.3) is 0 Å². The molecule has 8 heteroatoms. The number of carbonyl (C=O) groups excluding carboxylic acids is 1. The zero-order valence-corrected chi connectivity index (χ0v) is 11.5. The number of rotatable bonds is 7. The maximum Gasteiger partial charge on any atom is 0.319 e. The zero-order valence-electron chi connectivity index (χ0n) is 11.5. The number of amides is 2. The summed E-state index contributed by atoms with van der Waals surface area (Å²) >= 11 is 0. The molecule has 0 heterocycles. The summed E-state index contributed by atoms with van der Waals surface area (Å²) in [7, 11) is 0. The van der Waals surface area contributed by atoms with Crippen molar-refractivity contribution in [1.29, 1.82) is 0 Å². The van der Waals surface area contributed by atoms with Crippen LogP contribution >= 0.6 is 0 Å². The largest absolute Gasteiger partial charge is 0.481 e. The van der Waals surface area contributed by atoms with Gasteiger partial charge < -0.3 is 15.7 Å². The van der Waals surface area contributed by atoms with Crippen molar-refractivity contribution >= 4 is 23.4 Å². The van der Waals surface area contributed by atoms with Gasteiger partial charge in [0, 0.05) is 23.9 Å². The van der Waals surface area contributed by atoms with Crippen LogP contribution in [0.2, 0.25) is 0 Å². The highest BCUT2D eigenvalue weighted by molar-refractivity contribution is 5.90. The first-order valence-electron chi connectivity index (χ1n) is 6.46. The third kappa shape index (κ3) is 5.89. The van der Waals surface area contributed by atoms with Crippen molar-refractivity contribution in [2.75, 3.05) is 5.32 Å². The van der Waals surface area contributed by atoms with Gasteiger partial charge in [-0.2, -0.15) is 0 Å². The molecule has 0 aliphatic carbocycles. The molecule has 0 aliphatic rings. The number of benzene rings is 1. The molecule has 0 bridgehead atoms. The van der Waals surface area contributed by atoms with E-state index in [1.807, 2.05) is 6.92 Å². The number of aliphatic carboxylic acids is 1. The Morgan fingerprint density at radius 1 is 1.43 bits per heavy atom. The highest BCUT2D eigenvalue weighted by atomic mass is 16.6. The molecule has 0 aliphatic heterocycles. The van der Waals surface area contributed by atoms with Crippen LogP contribution in [0.15, 0.2) is 24.3 Å². The van der Waals surface area contributed by atoms with Crippen molar-refractivity contribution in [1.82, 2.24) is 5.32 Å². The first kappa shape index (κ1) is 16.4. The lowest BCUT2D eigenvalue weighted by Crippen LogP contribution is -2.39. The number of carboxylic acid groups (broad SMARTS) is 1. The number of nitrogens with zero attached hydrogens (tertiary/aromatic N) is 1. The van der Waals surface area contributed by atoms with Crippen LogP contribution in [0.4, 0.5) is 16.2 Å². The van der Waals surface area contributed by atoms with Crippen LogP contribution in [0.5, 0.6) is 0 Å². The molecule has 8 nitrogen and oxygen atoms in total. The van der Waals surface area contributed by atoms with Gasteiger partial charge in [0.1, 0.15) is 0 Å². The Labute approximate surface area is 121 Å². The minimum atomic E-state index is -0.996. The fourth-order valence-corrected chi connectivity index (χ4v) is 1.83. The van der Waals surface area contributed by atoms with Gasteiger partial charge in [-0.3, -0.25) is 14.9 Å². The molecule has 0 aromatic heterocycles. The molecule has 114 valence electrons. The van der Waals surface area contributed by atoms with Gasteiger partial charge in [-0.25, -0.2) is 4.79 Å². The minimum absolute atomic E-state index is 0.136. The van der Waals surface area contributed by atoms with E-state index in [0.29, 0.717) is 6.42 Å². The second-order valence-electron chi connectivity index (χ2n) is 4.49. The summed E-state index contributed by atoms with van der Waals surface area (Å²) in [6.45, 7) is 1.88. The van der Waals surface area contributed by atoms with Gasteiger partial charge in [-0.15, -0.1) is 0 Å². The maximum absolute atomic E-state index is 11.8. The summed E-state index contributed by atoms with van der Waals surface area (Å²) in [6.07, 6.45) is 1.10. The summed E-state index contributed by atoms with van der Waals surface area (Å²) in [4.78, 5) is 32.5. The summed E-state index contributed by atoms with van der Waals surface area (Å²) in [5, 5.41) is 24.4. The smallest absolute Gasteiger partial charge is 0.319 e. The first-order chi connectivity index (χ1) is 9.92. The van der Waals surface area contributed by atoms with Gasteiger partial charge in [-0.05, 0) is 12.5 Å². The summed E-state index contributed by atoms with van der Waals surface area (Å²) < 4.78 is 0. The maximum atomic E-state index is 11.8. The van der Waals surface area contributed by atoms with Crippen LogP contribution in [-0.2, 0) is 4.79 Å². The van der Waals surface area contributed by atoms with E-state index in [1.165, 1.54) is 24.3 Å². The topological polar surface area (TPSA) is 122 Å². The number of urea groups is 1. The van der Waals surface area contributed by atoms with Crippen LogP contribution in [0.1, 0.15) is 26.2 Å². The first-order valence-corrected chi connectivity index (χ1v) is 6.46. The molecule has 1 unspecified atom stereocenters. The molecule has 1 aromatic rings.